The Labute approximate surface area is 263 Å². The molecule has 1 heterocycles. The number of halogens is 1. The second-order valence-corrected chi connectivity index (χ2v) is 11.4. The molecule has 0 unspecified atom stereocenters. The third-order valence-electron chi connectivity index (χ3n) is 7.58. The fourth-order valence-electron chi connectivity index (χ4n) is 5.07. The van der Waals surface area contributed by atoms with Crippen molar-refractivity contribution in [3.05, 3.63) is 131 Å². The van der Waals surface area contributed by atoms with Crippen LogP contribution in [0.4, 0.5) is 5.69 Å². The third kappa shape index (κ3) is 8.20. The lowest BCUT2D eigenvalue weighted by atomic mass is 10.1. The number of aromatic nitrogens is 1. The molecule has 0 bridgehead atoms. The highest BCUT2D eigenvalue weighted by atomic mass is 35.5. The number of amides is 2. The molecule has 44 heavy (non-hydrogen) atoms. The monoisotopic (exact) mass is 608 g/mol. The van der Waals surface area contributed by atoms with Gasteiger partial charge in [-0.15, -0.1) is 0 Å². The third-order valence-corrected chi connectivity index (χ3v) is 7.83. The normalized spacial score (nSPS) is 10.9. The minimum Gasteiger partial charge on any atom is -0.484 e. The van der Waals surface area contributed by atoms with Gasteiger partial charge >= 0.3 is 0 Å². The first-order valence-corrected chi connectivity index (χ1v) is 15.0. The van der Waals surface area contributed by atoms with Crippen LogP contribution in [0.15, 0.2) is 109 Å². The molecule has 0 spiro atoms. The summed E-state index contributed by atoms with van der Waals surface area (Å²) in [7, 11) is 4.00. The number of nitrogens with one attached hydrogen (secondary N) is 1. The van der Waals surface area contributed by atoms with E-state index in [-0.39, 0.29) is 25.0 Å². The highest BCUT2D eigenvalue weighted by Gasteiger charge is 2.23. The Bertz CT molecular complexity index is 1670. The van der Waals surface area contributed by atoms with Crippen LogP contribution >= 0.6 is 11.6 Å². The van der Waals surface area contributed by atoms with Crippen molar-refractivity contribution in [3.8, 4) is 5.75 Å². The predicted octanol–water partition coefficient (Wildman–Crippen LogP) is 6.57. The molecule has 0 radical (unpaired) electrons. The molecule has 0 saturated carbocycles. The van der Waals surface area contributed by atoms with Gasteiger partial charge in [-0.3, -0.25) is 9.59 Å². The molecule has 5 aromatic rings. The van der Waals surface area contributed by atoms with Gasteiger partial charge in [0.1, 0.15) is 12.3 Å². The molecule has 0 aliphatic heterocycles. The first kappa shape index (κ1) is 30.7. The lowest BCUT2D eigenvalue weighted by Gasteiger charge is -2.28. The van der Waals surface area contributed by atoms with Crippen molar-refractivity contribution in [2.24, 2.45) is 0 Å². The second-order valence-electron chi connectivity index (χ2n) is 11.0. The molecule has 0 fully saturated rings. The Balaban J connectivity index is 1.35. The number of rotatable bonds is 13. The number of ether oxygens (including phenoxy) is 1. The molecule has 7 nitrogen and oxygen atoms in total. The Morgan fingerprint density at radius 3 is 2.14 bits per heavy atom. The van der Waals surface area contributed by atoms with E-state index < -0.39 is 0 Å². The summed E-state index contributed by atoms with van der Waals surface area (Å²) < 4.78 is 5.76. The van der Waals surface area contributed by atoms with Crippen molar-refractivity contribution in [1.82, 2.24) is 14.8 Å². The standard InChI is InChI=1S/C36H37ClN4O3/c1-39(2)31-16-12-28(13-17-31)23-40(21-20-29-22-38-34-11-7-6-10-33(29)34)35(42)25-41(24-27-8-4-3-5-9-27)36(43)26-44-32-18-14-30(37)15-19-32/h3-19,22,38H,20-21,23-26H2,1-2H3. The van der Waals surface area contributed by atoms with Gasteiger partial charge in [-0.1, -0.05) is 72.3 Å². The summed E-state index contributed by atoms with van der Waals surface area (Å²) in [5.41, 5.74) is 5.26. The number of carbonyl (C=O) groups excluding carboxylic acids is 2. The van der Waals surface area contributed by atoms with Gasteiger partial charge in [0.2, 0.25) is 5.91 Å². The van der Waals surface area contributed by atoms with Crippen molar-refractivity contribution < 1.29 is 14.3 Å². The summed E-state index contributed by atoms with van der Waals surface area (Å²) in [5.74, 6) is 0.136. The molecule has 1 N–H and O–H groups in total. The summed E-state index contributed by atoms with van der Waals surface area (Å²) >= 11 is 5.99. The maximum Gasteiger partial charge on any atom is 0.261 e. The maximum absolute atomic E-state index is 14.0. The highest BCUT2D eigenvalue weighted by Crippen LogP contribution is 2.20. The molecule has 0 aliphatic carbocycles. The lowest BCUT2D eigenvalue weighted by Crippen LogP contribution is -2.44. The summed E-state index contributed by atoms with van der Waals surface area (Å²) in [4.78, 5) is 36.3. The summed E-state index contributed by atoms with van der Waals surface area (Å²) in [6.07, 6.45) is 2.69. The summed E-state index contributed by atoms with van der Waals surface area (Å²) in [6.45, 7) is 0.974. The van der Waals surface area contributed by atoms with Crippen LogP contribution in [0, 0.1) is 0 Å². The average Bonchev–Trinajstić information content (AvgIpc) is 3.46. The van der Waals surface area contributed by atoms with Crippen molar-refractivity contribution in [1.29, 1.82) is 0 Å². The van der Waals surface area contributed by atoms with E-state index in [0.717, 1.165) is 33.3 Å². The Kier molecular flexibility index (Phi) is 10.2. The smallest absolute Gasteiger partial charge is 0.261 e. The van der Waals surface area contributed by atoms with Gasteiger partial charge in [-0.25, -0.2) is 0 Å². The number of para-hydroxylation sites is 1. The van der Waals surface area contributed by atoms with Crippen LogP contribution in [-0.2, 0) is 29.1 Å². The van der Waals surface area contributed by atoms with Crippen molar-refractivity contribution in [3.63, 3.8) is 0 Å². The van der Waals surface area contributed by atoms with E-state index in [2.05, 4.69) is 23.2 Å². The van der Waals surface area contributed by atoms with E-state index in [9.17, 15) is 9.59 Å². The van der Waals surface area contributed by atoms with Gasteiger partial charge in [0.05, 0.1) is 0 Å². The van der Waals surface area contributed by atoms with E-state index in [1.807, 2.05) is 90.8 Å². The van der Waals surface area contributed by atoms with Crippen LogP contribution in [0.25, 0.3) is 10.9 Å². The average molecular weight is 609 g/mol. The minimum atomic E-state index is -0.274. The number of benzene rings is 4. The topological polar surface area (TPSA) is 68.9 Å². The van der Waals surface area contributed by atoms with Crippen molar-refractivity contribution >= 4 is 40.0 Å². The van der Waals surface area contributed by atoms with Crippen LogP contribution in [-0.4, -0.2) is 60.4 Å². The highest BCUT2D eigenvalue weighted by molar-refractivity contribution is 6.30. The SMILES string of the molecule is CN(C)c1ccc(CN(CCc2c[nH]c3ccccc23)C(=O)CN(Cc2ccccc2)C(=O)COc2ccc(Cl)cc2)cc1. The number of H-pyrrole nitrogens is 1. The van der Waals surface area contributed by atoms with E-state index >= 15 is 0 Å². The van der Waals surface area contributed by atoms with Gasteiger partial charge in [-0.2, -0.15) is 0 Å². The summed E-state index contributed by atoms with van der Waals surface area (Å²) in [6, 6.07) is 32.9. The predicted molar refractivity (Wildman–Crippen MR) is 177 cm³/mol. The summed E-state index contributed by atoms with van der Waals surface area (Å²) in [5, 5.41) is 1.74. The number of nitrogens with zero attached hydrogens (tertiary/aromatic N) is 3. The fourth-order valence-corrected chi connectivity index (χ4v) is 5.20. The maximum atomic E-state index is 14.0. The number of fused-ring (bicyclic) bond motifs is 1. The lowest BCUT2D eigenvalue weighted by molar-refractivity contribution is -0.142. The molecular formula is C36H37ClN4O3. The zero-order chi connectivity index (χ0) is 30.9. The first-order valence-electron chi connectivity index (χ1n) is 14.6. The largest absolute Gasteiger partial charge is 0.484 e. The fraction of sp³-hybridized carbons (Fsp3) is 0.222. The number of hydrogen-bond donors (Lipinski definition) is 1. The molecule has 226 valence electrons. The second kappa shape index (κ2) is 14.6. The van der Waals surface area contributed by atoms with Crippen LogP contribution in [0.1, 0.15) is 16.7 Å². The van der Waals surface area contributed by atoms with Gasteiger partial charge in [0, 0.05) is 61.5 Å². The Morgan fingerprint density at radius 2 is 1.41 bits per heavy atom. The molecule has 2 amide bonds. The van der Waals surface area contributed by atoms with Crippen molar-refractivity contribution in [2.45, 2.75) is 19.5 Å². The number of anilines is 1. The molecule has 8 heteroatoms. The molecule has 0 saturated heterocycles. The van der Waals surface area contributed by atoms with Crippen LogP contribution < -0.4 is 9.64 Å². The molecule has 0 aliphatic rings. The van der Waals surface area contributed by atoms with E-state index in [4.69, 9.17) is 16.3 Å². The quantitative estimate of drug-likeness (QED) is 0.164. The van der Waals surface area contributed by atoms with Crippen LogP contribution in [0.3, 0.4) is 0 Å². The van der Waals surface area contributed by atoms with Crippen LogP contribution in [0.2, 0.25) is 5.02 Å². The molecular weight excluding hydrogens is 572 g/mol. The molecule has 5 rings (SSSR count). The molecule has 4 aromatic carbocycles. The van der Waals surface area contributed by atoms with Crippen molar-refractivity contribution in [2.75, 3.05) is 38.7 Å². The van der Waals surface area contributed by atoms with Gasteiger partial charge in [0.25, 0.3) is 5.91 Å². The number of carbonyl (C=O) groups is 2. The number of aromatic amines is 1. The van der Waals surface area contributed by atoms with Gasteiger partial charge in [0.15, 0.2) is 6.61 Å². The Hall–Kier alpha value is -4.75. The number of hydrogen-bond acceptors (Lipinski definition) is 4. The first-order chi connectivity index (χ1) is 21.4. The van der Waals surface area contributed by atoms with Gasteiger partial charge < -0.3 is 24.4 Å². The van der Waals surface area contributed by atoms with E-state index in [1.54, 1.807) is 29.2 Å². The zero-order valence-corrected chi connectivity index (χ0v) is 25.8. The van der Waals surface area contributed by atoms with Gasteiger partial charge in [-0.05, 0) is 65.6 Å². The Morgan fingerprint density at radius 1 is 0.750 bits per heavy atom. The minimum absolute atomic E-state index is 0.0681. The molecule has 1 aromatic heterocycles. The van der Waals surface area contributed by atoms with E-state index in [1.165, 1.54) is 0 Å². The zero-order valence-electron chi connectivity index (χ0n) is 25.1. The molecule has 0 atom stereocenters. The van der Waals surface area contributed by atoms with E-state index in [0.29, 0.717) is 36.8 Å². The van der Waals surface area contributed by atoms with Crippen LogP contribution in [0.5, 0.6) is 5.75 Å².